The van der Waals surface area contributed by atoms with Crippen LogP contribution in [0.25, 0.3) is 10.9 Å². The SMILES string of the molecule is CC1(C)C[C@]2(C(N)=O)CN(C(=O)c3cc(=O)[nH]c4cccc(Cl)c34)C[C@H]12. The molecular formula is C19H20ClN3O3. The van der Waals surface area contributed by atoms with Crippen LogP contribution in [0.3, 0.4) is 0 Å². The Morgan fingerprint density at radius 2 is 2.08 bits per heavy atom. The molecule has 1 saturated heterocycles. The predicted octanol–water partition coefficient (Wildman–Crippen LogP) is 2.16. The van der Waals surface area contributed by atoms with Gasteiger partial charge >= 0.3 is 0 Å². The summed E-state index contributed by atoms with van der Waals surface area (Å²) in [5.41, 5.74) is 5.38. The highest BCUT2D eigenvalue weighted by molar-refractivity contribution is 6.36. The number of fused-ring (bicyclic) bond motifs is 2. The third-order valence-electron chi connectivity index (χ3n) is 6.08. The third-order valence-corrected chi connectivity index (χ3v) is 6.40. The average Bonchev–Trinajstić information content (AvgIpc) is 2.89. The topological polar surface area (TPSA) is 96.3 Å². The van der Waals surface area contributed by atoms with Crippen molar-refractivity contribution in [1.82, 2.24) is 9.88 Å². The Balaban J connectivity index is 1.78. The highest BCUT2D eigenvalue weighted by atomic mass is 35.5. The van der Waals surface area contributed by atoms with E-state index in [0.29, 0.717) is 28.9 Å². The molecule has 6 nitrogen and oxygen atoms in total. The van der Waals surface area contributed by atoms with E-state index in [4.69, 9.17) is 17.3 Å². The highest BCUT2D eigenvalue weighted by Crippen LogP contribution is 2.62. The molecule has 3 N–H and O–H groups in total. The predicted molar refractivity (Wildman–Crippen MR) is 99.0 cm³/mol. The van der Waals surface area contributed by atoms with E-state index in [0.717, 1.165) is 0 Å². The number of halogens is 1. The molecular weight excluding hydrogens is 354 g/mol. The molecule has 136 valence electrons. The molecule has 0 unspecified atom stereocenters. The minimum Gasteiger partial charge on any atom is -0.369 e. The van der Waals surface area contributed by atoms with E-state index in [1.807, 2.05) is 0 Å². The summed E-state index contributed by atoms with van der Waals surface area (Å²) in [5, 5.41) is 0.916. The number of nitrogens with one attached hydrogen (secondary N) is 1. The Bertz CT molecular complexity index is 1010. The van der Waals surface area contributed by atoms with Crippen molar-refractivity contribution in [2.45, 2.75) is 20.3 Å². The van der Waals surface area contributed by atoms with Crippen LogP contribution in [0.15, 0.2) is 29.1 Å². The van der Waals surface area contributed by atoms with Crippen LogP contribution >= 0.6 is 11.6 Å². The van der Waals surface area contributed by atoms with Gasteiger partial charge in [0.1, 0.15) is 0 Å². The average molecular weight is 374 g/mol. The second kappa shape index (κ2) is 5.33. The van der Waals surface area contributed by atoms with Gasteiger partial charge in [-0.25, -0.2) is 0 Å². The third kappa shape index (κ3) is 2.21. The normalized spacial score (nSPS) is 26.4. The zero-order valence-electron chi connectivity index (χ0n) is 14.6. The van der Waals surface area contributed by atoms with Gasteiger partial charge in [-0.3, -0.25) is 14.4 Å². The van der Waals surface area contributed by atoms with E-state index in [-0.39, 0.29) is 40.8 Å². The van der Waals surface area contributed by atoms with E-state index >= 15 is 0 Å². The summed E-state index contributed by atoms with van der Waals surface area (Å²) in [4.78, 5) is 41.7. The summed E-state index contributed by atoms with van der Waals surface area (Å²) in [7, 11) is 0. The minimum absolute atomic E-state index is 0.0279. The van der Waals surface area contributed by atoms with Crippen LogP contribution in [-0.2, 0) is 4.79 Å². The van der Waals surface area contributed by atoms with Gasteiger partial charge < -0.3 is 15.6 Å². The van der Waals surface area contributed by atoms with Crippen molar-refractivity contribution in [2.75, 3.05) is 13.1 Å². The van der Waals surface area contributed by atoms with Crippen molar-refractivity contribution in [2.24, 2.45) is 22.5 Å². The van der Waals surface area contributed by atoms with Crippen LogP contribution in [0.4, 0.5) is 0 Å². The van der Waals surface area contributed by atoms with Gasteiger partial charge in [0, 0.05) is 24.5 Å². The number of aromatic nitrogens is 1. The standard InChI is InChI=1S/C19H20ClN3O3/c1-18(2)8-19(17(21)26)9-23(7-13(18)19)16(25)10-6-14(24)22-12-5-3-4-11(20)15(10)12/h3-6,13H,7-9H2,1-2H3,(H2,21,26)(H,22,24)/t13-,19+/m1/s1. The molecule has 0 radical (unpaired) electrons. The molecule has 1 aliphatic carbocycles. The molecule has 0 bridgehead atoms. The number of primary amides is 1. The maximum atomic E-state index is 13.2. The number of nitrogens with two attached hydrogens (primary N) is 1. The van der Waals surface area contributed by atoms with Crippen molar-refractivity contribution < 1.29 is 9.59 Å². The summed E-state index contributed by atoms with van der Waals surface area (Å²) in [6.07, 6.45) is 0.667. The van der Waals surface area contributed by atoms with Gasteiger partial charge in [-0.1, -0.05) is 31.5 Å². The first-order valence-corrected chi connectivity index (χ1v) is 8.94. The molecule has 2 fully saturated rings. The Labute approximate surface area is 155 Å². The van der Waals surface area contributed by atoms with E-state index in [1.165, 1.54) is 6.07 Å². The fraction of sp³-hybridized carbons (Fsp3) is 0.421. The van der Waals surface area contributed by atoms with Gasteiger partial charge in [0.2, 0.25) is 11.5 Å². The molecule has 4 rings (SSSR count). The molecule has 1 aromatic carbocycles. The number of H-pyrrole nitrogens is 1. The summed E-state index contributed by atoms with van der Waals surface area (Å²) in [6, 6.07) is 6.39. The number of likely N-dealkylation sites (tertiary alicyclic amines) is 1. The Kier molecular flexibility index (Phi) is 3.50. The first kappa shape index (κ1) is 17.1. The number of hydrogen-bond acceptors (Lipinski definition) is 3. The van der Waals surface area contributed by atoms with Crippen molar-refractivity contribution in [3.63, 3.8) is 0 Å². The monoisotopic (exact) mass is 373 g/mol. The Hall–Kier alpha value is -2.34. The first-order chi connectivity index (χ1) is 12.2. The minimum atomic E-state index is -0.667. The molecule has 2 aromatic rings. The molecule has 1 saturated carbocycles. The molecule has 1 aromatic heterocycles. The second-order valence-electron chi connectivity index (χ2n) is 8.13. The number of carbonyl (C=O) groups excluding carboxylic acids is 2. The lowest BCUT2D eigenvalue weighted by Gasteiger charge is -2.54. The Morgan fingerprint density at radius 1 is 1.35 bits per heavy atom. The number of hydrogen-bond donors (Lipinski definition) is 2. The van der Waals surface area contributed by atoms with Crippen molar-refractivity contribution in [3.05, 3.63) is 45.2 Å². The van der Waals surface area contributed by atoms with Crippen molar-refractivity contribution in [1.29, 1.82) is 0 Å². The van der Waals surface area contributed by atoms with E-state index in [9.17, 15) is 14.4 Å². The van der Waals surface area contributed by atoms with Gasteiger partial charge in [0.05, 0.1) is 21.5 Å². The van der Waals surface area contributed by atoms with Gasteiger partial charge in [-0.2, -0.15) is 0 Å². The fourth-order valence-corrected chi connectivity index (χ4v) is 5.27. The zero-order valence-corrected chi connectivity index (χ0v) is 15.4. The lowest BCUT2D eigenvalue weighted by atomic mass is 9.48. The number of pyridine rings is 1. The largest absolute Gasteiger partial charge is 0.369 e. The number of amides is 2. The first-order valence-electron chi connectivity index (χ1n) is 8.56. The van der Waals surface area contributed by atoms with E-state index in [2.05, 4.69) is 18.8 Å². The number of aromatic amines is 1. The molecule has 2 atom stereocenters. The van der Waals surface area contributed by atoms with Gasteiger partial charge in [-0.15, -0.1) is 0 Å². The number of rotatable bonds is 2. The smallest absolute Gasteiger partial charge is 0.254 e. The summed E-state index contributed by atoms with van der Waals surface area (Å²) in [5.74, 6) is -0.619. The van der Waals surface area contributed by atoms with Crippen LogP contribution < -0.4 is 11.3 Å². The fourth-order valence-electron chi connectivity index (χ4n) is 4.99. The molecule has 7 heteroatoms. The van der Waals surface area contributed by atoms with Crippen LogP contribution in [0, 0.1) is 16.7 Å². The second-order valence-corrected chi connectivity index (χ2v) is 8.54. The lowest BCUT2D eigenvalue weighted by Crippen LogP contribution is -2.59. The van der Waals surface area contributed by atoms with Crippen LogP contribution in [0.2, 0.25) is 5.02 Å². The molecule has 2 amide bonds. The van der Waals surface area contributed by atoms with E-state index in [1.54, 1.807) is 23.1 Å². The van der Waals surface area contributed by atoms with Crippen molar-refractivity contribution in [3.8, 4) is 0 Å². The molecule has 2 aliphatic rings. The summed E-state index contributed by atoms with van der Waals surface area (Å²) < 4.78 is 0. The van der Waals surface area contributed by atoms with E-state index < -0.39 is 5.41 Å². The summed E-state index contributed by atoms with van der Waals surface area (Å²) in [6.45, 7) is 4.92. The maximum Gasteiger partial charge on any atom is 0.254 e. The number of nitrogens with zero attached hydrogens (tertiary/aromatic N) is 1. The molecule has 1 aliphatic heterocycles. The lowest BCUT2D eigenvalue weighted by molar-refractivity contribution is -0.148. The number of carbonyl (C=O) groups is 2. The van der Waals surface area contributed by atoms with Crippen molar-refractivity contribution >= 4 is 34.3 Å². The zero-order chi connectivity index (χ0) is 18.9. The number of benzene rings is 1. The van der Waals surface area contributed by atoms with Crippen LogP contribution in [-0.4, -0.2) is 34.8 Å². The highest BCUT2D eigenvalue weighted by Gasteiger charge is 2.66. The van der Waals surface area contributed by atoms with Gasteiger partial charge in [0.25, 0.3) is 5.91 Å². The Morgan fingerprint density at radius 3 is 2.69 bits per heavy atom. The maximum absolute atomic E-state index is 13.2. The molecule has 2 heterocycles. The summed E-state index contributed by atoms with van der Waals surface area (Å²) >= 11 is 6.29. The van der Waals surface area contributed by atoms with Gasteiger partial charge in [0.15, 0.2) is 0 Å². The molecule has 26 heavy (non-hydrogen) atoms. The quantitative estimate of drug-likeness (QED) is 0.844. The van der Waals surface area contributed by atoms with Crippen LogP contribution in [0.5, 0.6) is 0 Å². The van der Waals surface area contributed by atoms with Gasteiger partial charge in [-0.05, 0) is 29.9 Å². The molecule has 0 spiro atoms. The van der Waals surface area contributed by atoms with Crippen LogP contribution in [0.1, 0.15) is 30.6 Å².